The van der Waals surface area contributed by atoms with Crippen molar-refractivity contribution in [2.75, 3.05) is 13.2 Å². The van der Waals surface area contributed by atoms with Crippen LogP contribution in [-0.2, 0) is 22.6 Å². The fourth-order valence-corrected chi connectivity index (χ4v) is 2.69. The minimum atomic E-state index is -0.659. The number of carbonyl (C=O) groups excluding carboxylic acids is 2. The number of nitrogens with zero attached hydrogens (tertiary/aromatic N) is 1. The summed E-state index contributed by atoms with van der Waals surface area (Å²) in [6.07, 6.45) is 0.214. The molecule has 2 N–H and O–H groups in total. The molecule has 1 atom stereocenters. The molecule has 138 valence electrons. The highest BCUT2D eigenvalue weighted by molar-refractivity contribution is 6.30. The van der Waals surface area contributed by atoms with Gasteiger partial charge in [0.25, 0.3) is 0 Å². The van der Waals surface area contributed by atoms with Gasteiger partial charge in [0, 0.05) is 18.1 Å². The molecule has 0 spiro atoms. The average Bonchev–Trinajstić information content (AvgIpc) is 2.65. The minimum Gasteiger partial charge on any atom is -0.395 e. The molecule has 0 unspecified atom stereocenters. The van der Waals surface area contributed by atoms with Crippen molar-refractivity contribution in [3.63, 3.8) is 0 Å². The number of rotatable bonds is 8. The Balaban J connectivity index is 2.17. The van der Waals surface area contributed by atoms with Crippen LogP contribution in [0.2, 0.25) is 5.02 Å². The second-order valence-electron chi connectivity index (χ2n) is 6.00. The summed E-state index contributed by atoms with van der Waals surface area (Å²) in [6.45, 7) is 2.00. The van der Waals surface area contributed by atoms with Crippen molar-refractivity contribution >= 4 is 23.4 Å². The topological polar surface area (TPSA) is 69.6 Å². The van der Waals surface area contributed by atoms with E-state index in [-0.39, 0.29) is 31.4 Å². The van der Waals surface area contributed by atoms with Crippen LogP contribution in [0.4, 0.5) is 0 Å². The van der Waals surface area contributed by atoms with Crippen LogP contribution in [0, 0.1) is 0 Å². The van der Waals surface area contributed by atoms with Gasteiger partial charge in [0.05, 0.1) is 13.0 Å². The number of amides is 2. The van der Waals surface area contributed by atoms with Crippen LogP contribution in [0.25, 0.3) is 0 Å². The van der Waals surface area contributed by atoms with Crippen molar-refractivity contribution in [1.29, 1.82) is 0 Å². The molecule has 0 aromatic heterocycles. The van der Waals surface area contributed by atoms with Crippen molar-refractivity contribution in [2.45, 2.75) is 25.9 Å². The molecule has 26 heavy (non-hydrogen) atoms. The Morgan fingerprint density at radius 1 is 1.08 bits per heavy atom. The van der Waals surface area contributed by atoms with E-state index in [1.807, 2.05) is 42.5 Å². The van der Waals surface area contributed by atoms with Crippen molar-refractivity contribution in [2.24, 2.45) is 0 Å². The van der Waals surface area contributed by atoms with Gasteiger partial charge in [-0.25, -0.2) is 0 Å². The van der Waals surface area contributed by atoms with E-state index in [0.717, 1.165) is 11.1 Å². The molecule has 0 heterocycles. The molecule has 0 aliphatic heterocycles. The van der Waals surface area contributed by atoms with Crippen LogP contribution in [0.15, 0.2) is 54.6 Å². The van der Waals surface area contributed by atoms with Gasteiger partial charge in [0.1, 0.15) is 6.04 Å². The quantitative estimate of drug-likeness (QED) is 0.745. The van der Waals surface area contributed by atoms with E-state index in [2.05, 4.69) is 5.32 Å². The highest BCUT2D eigenvalue weighted by atomic mass is 35.5. The number of nitrogens with one attached hydrogen (secondary N) is 1. The van der Waals surface area contributed by atoms with Gasteiger partial charge in [0.15, 0.2) is 0 Å². The molecule has 2 aromatic rings. The number of hydrogen-bond acceptors (Lipinski definition) is 3. The highest BCUT2D eigenvalue weighted by Crippen LogP contribution is 2.15. The summed E-state index contributed by atoms with van der Waals surface area (Å²) in [4.78, 5) is 26.7. The summed E-state index contributed by atoms with van der Waals surface area (Å²) in [5.74, 6) is -0.438. The van der Waals surface area contributed by atoms with E-state index >= 15 is 0 Å². The number of halogens is 1. The summed E-state index contributed by atoms with van der Waals surface area (Å²) >= 11 is 5.92. The zero-order chi connectivity index (χ0) is 18.9. The summed E-state index contributed by atoms with van der Waals surface area (Å²) in [6, 6.07) is 15.9. The van der Waals surface area contributed by atoms with Crippen LogP contribution in [0.5, 0.6) is 0 Å². The van der Waals surface area contributed by atoms with Gasteiger partial charge >= 0.3 is 0 Å². The van der Waals surface area contributed by atoms with Gasteiger partial charge in [0.2, 0.25) is 11.8 Å². The van der Waals surface area contributed by atoms with E-state index in [1.165, 1.54) is 0 Å². The first-order valence-corrected chi connectivity index (χ1v) is 8.85. The standard InChI is InChI=1S/C20H23ClN2O3/c1-15(20(26)22-11-12-24)23(14-17-7-9-18(21)10-8-17)19(25)13-16-5-3-2-4-6-16/h2-10,15,24H,11-14H2,1H3,(H,22,26)/t15-/m1/s1. The Kier molecular flexibility index (Phi) is 7.63. The number of hydrogen-bond donors (Lipinski definition) is 2. The Labute approximate surface area is 158 Å². The molecule has 0 saturated carbocycles. The minimum absolute atomic E-state index is 0.141. The predicted octanol–water partition coefficient (Wildman–Crippen LogP) is 2.41. The normalized spacial score (nSPS) is 11.7. The van der Waals surface area contributed by atoms with Gasteiger partial charge < -0.3 is 15.3 Å². The number of carbonyl (C=O) groups is 2. The highest BCUT2D eigenvalue weighted by Gasteiger charge is 2.25. The lowest BCUT2D eigenvalue weighted by molar-refractivity contribution is -0.140. The van der Waals surface area contributed by atoms with Crippen LogP contribution in [0.3, 0.4) is 0 Å². The van der Waals surface area contributed by atoms with Gasteiger partial charge in [-0.05, 0) is 30.2 Å². The fraction of sp³-hybridized carbons (Fsp3) is 0.300. The maximum atomic E-state index is 12.9. The first kappa shape index (κ1) is 19.9. The Morgan fingerprint density at radius 3 is 2.35 bits per heavy atom. The number of aliphatic hydroxyl groups is 1. The molecular formula is C20H23ClN2O3. The largest absolute Gasteiger partial charge is 0.395 e. The Bertz CT molecular complexity index is 720. The van der Waals surface area contributed by atoms with E-state index in [0.29, 0.717) is 11.6 Å². The van der Waals surface area contributed by atoms with Crippen molar-refractivity contribution in [3.8, 4) is 0 Å². The van der Waals surface area contributed by atoms with E-state index in [1.54, 1.807) is 24.0 Å². The molecule has 2 rings (SSSR count). The molecule has 0 aliphatic carbocycles. The molecule has 2 aromatic carbocycles. The average molecular weight is 375 g/mol. The fourth-order valence-electron chi connectivity index (χ4n) is 2.57. The predicted molar refractivity (Wildman–Crippen MR) is 102 cm³/mol. The van der Waals surface area contributed by atoms with Gasteiger partial charge in [-0.15, -0.1) is 0 Å². The summed E-state index contributed by atoms with van der Waals surface area (Å²) < 4.78 is 0. The molecular weight excluding hydrogens is 352 g/mol. The summed E-state index contributed by atoms with van der Waals surface area (Å²) in [5, 5.41) is 12.1. The van der Waals surface area contributed by atoms with Crippen LogP contribution < -0.4 is 5.32 Å². The molecule has 0 radical (unpaired) electrons. The van der Waals surface area contributed by atoms with Gasteiger partial charge in [-0.3, -0.25) is 9.59 Å². The third-order valence-corrected chi connectivity index (χ3v) is 4.29. The third-order valence-electron chi connectivity index (χ3n) is 4.04. The lowest BCUT2D eigenvalue weighted by Gasteiger charge is -2.29. The van der Waals surface area contributed by atoms with Crippen molar-refractivity contribution in [3.05, 3.63) is 70.7 Å². The number of aliphatic hydroxyl groups excluding tert-OH is 1. The van der Waals surface area contributed by atoms with Crippen molar-refractivity contribution < 1.29 is 14.7 Å². The van der Waals surface area contributed by atoms with Gasteiger partial charge in [-0.1, -0.05) is 54.1 Å². The van der Waals surface area contributed by atoms with E-state index in [4.69, 9.17) is 16.7 Å². The first-order chi connectivity index (χ1) is 12.5. The smallest absolute Gasteiger partial charge is 0.242 e. The summed E-state index contributed by atoms with van der Waals surface area (Å²) in [5.41, 5.74) is 1.78. The molecule has 0 aliphatic rings. The van der Waals surface area contributed by atoms with Crippen LogP contribution >= 0.6 is 11.6 Å². The monoisotopic (exact) mass is 374 g/mol. The lowest BCUT2D eigenvalue weighted by atomic mass is 10.1. The zero-order valence-electron chi connectivity index (χ0n) is 14.7. The first-order valence-electron chi connectivity index (χ1n) is 8.47. The second-order valence-corrected chi connectivity index (χ2v) is 6.44. The SMILES string of the molecule is C[C@H](C(=O)NCCO)N(Cc1ccc(Cl)cc1)C(=O)Cc1ccccc1. The third kappa shape index (κ3) is 5.86. The molecule has 0 fully saturated rings. The maximum Gasteiger partial charge on any atom is 0.242 e. The van der Waals surface area contributed by atoms with Crippen LogP contribution in [0.1, 0.15) is 18.1 Å². The van der Waals surface area contributed by atoms with Gasteiger partial charge in [-0.2, -0.15) is 0 Å². The second kappa shape index (κ2) is 9.94. The van der Waals surface area contributed by atoms with Crippen molar-refractivity contribution in [1.82, 2.24) is 10.2 Å². The molecule has 5 nitrogen and oxygen atoms in total. The Hall–Kier alpha value is -2.37. The van der Waals surface area contributed by atoms with E-state index < -0.39 is 6.04 Å². The summed E-state index contributed by atoms with van der Waals surface area (Å²) in [7, 11) is 0. The molecule has 0 saturated heterocycles. The van der Waals surface area contributed by atoms with E-state index in [9.17, 15) is 9.59 Å². The number of benzene rings is 2. The zero-order valence-corrected chi connectivity index (χ0v) is 15.4. The molecule has 6 heteroatoms. The Morgan fingerprint density at radius 2 is 1.73 bits per heavy atom. The molecule has 0 bridgehead atoms. The lowest BCUT2D eigenvalue weighted by Crippen LogP contribution is -2.48. The maximum absolute atomic E-state index is 12.9. The van der Waals surface area contributed by atoms with Crippen LogP contribution in [-0.4, -0.2) is 41.0 Å². The molecule has 2 amide bonds.